The van der Waals surface area contributed by atoms with E-state index in [0.717, 1.165) is 25.0 Å². The number of ether oxygens (including phenoxy) is 2. The maximum atomic E-state index is 13.9. The number of alkyl halides is 3. The van der Waals surface area contributed by atoms with E-state index in [4.69, 9.17) is 9.47 Å². The Bertz CT molecular complexity index is 560. The highest BCUT2D eigenvalue weighted by molar-refractivity contribution is 5.60. The molecule has 0 amide bonds. The van der Waals surface area contributed by atoms with Gasteiger partial charge in [-0.3, -0.25) is 0 Å². The molecule has 1 aromatic rings. The van der Waals surface area contributed by atoms with Crippen molar-refractivity contribution >= 4 is 5.83 Å². The number of allylic oxidation sites excluding steroid dienone is 1. The molecular formula is C16H17F5O2. The van der Waals surface area contributed by atoms with Gasteiger partial charge in [-0.1, -0.05) is 19.4 Å². The molecule has 2 nitrogen and oxygen atoms in total. The van der Waals surface area contributed by atoms with Gasteiger partial charge in [0.15, 0.2) is 6.29 Å². The first kappa shape index (κ1) is 17.9. The van der Waals surface area contributed by atoms with Crippen LogP contribution in [0.25, 0.3) is 5.83 Å². The molecule has 1 saturated heterocycles. The van der Waals surface area contributed by atoms with Crippen LogP contribution in [0, 0.1) is 11.7 Å². The van der Waals surface area contributed by atoms with Crippen LogP contribution in [0.3, 0.4) is 0 Å². The summed E-state index contributed by atoms with van der Waals surface area (Å²) in [4.78, 5) is 0. The standard InChI is InChI=1S/C16H17F5O2/c1-2-3-10-8-22-15(23-9-10)11-4-5-12(13(17)6-11)14(18)7-16(19,20)21/h4-7,10,15H,2-3,8-9H2,1H3/b14-7-. The molecule has 0 saturated carbocycles. The molecule has 7 heteroatoms. The van der Waals surface area contributed by atoms with Crippen LogP contribution in [-0.4, -0.2) is 19.4 Å². The summed E-state index contributed by atoms with van der Waals surface area (Å²) >= 11 is 0. The Morgan fingerprint density at radius 2 is 1.91 bits per heavy atom. The summed E-state index contributed by atoms with van der Waals surface area (Å²) in [6, 6.07) is 3.18. The molecular weight excluding hydrogens is 319 g/mol. The van der Waals surface area contributed by atoms with Crippen molar-refractivity contribution in [3.8, 4) is 0 Å². The van der Waals surface area contributed by atoms with Crippen molar-refractivity contribution < 1.29 is 31.4 Å². The average molecular weight is 336 g/mol. The lowest BCUT2D eigenvalue weighted by Gasteiger charge is -2.29. The molecule has 0 bridgehead atoms. The molecule has 23 heavy (non-hydrogen) atoms. The zero-order chi connectivity index (χ0) is 17.0. The SMILES string of the molecule is CCCC1COC(c2ccc(/C(F)=C/C(F)(F)F)c(F)c2)OC1. The average Bonchev–Trinajstić information content (AvgIpc) is 2.46. The summed E-state index contributed by atoms with van der Waals surface area (Å²) in [6.45, 7) is 2.97. The molecule has 1 aliphatic rings. The van der Waals surface area contributed by atoms with Crippen molar-refractivity contribution in [3.63, 3.8) is 0 Å². The highest BCUT2D eigenvalue weighted by Crippen LogP contribution is 2.31. The second kappa shape index (κ2) is 7.40. The Labute approximate surface area is 130 Å². The molecule has 0 aliphatic carbocycles. The zero-order valence-electron chi connectivity index (χ0n) is 12.5. The summed E-state index contributed by atoms with van der Waals surface area (Å²) in [5.74, 6) is -2.49. The van der Waals surface area contributed by atoms with E-state index in [1.807, 2.05) is 6.92 Å². The van der Waals surface area contributed by atoms with Crippen LogP contribution in [0.2, 0.25) is 0 Å². The normalized spacial score (nSPS) is 23.1. The van der Waals surface area contributed by atoms with Crippen LogP contribution in [0.5, 0.6) is 0 Å². The highest BCUT2D eigenvalue weighted by Gasteiger charge is 2.27. The number of benzene rings is 1. The van der Waals surface area contributed by atoms with Crippen molar-refractivity contribution in [1.29, 1.82) is 0 Å². The van der Waals surface area contributed by atoms with E-state index in [9.17, 15) is 22.0 Å². The molecule has 0 aromatic heterocycles. The molecule has 0 N–H and O–H groups in total. The van der Waals surface area contributed by atoms with Crippen molar-refractivity contribution in [2.24, 2.45) is 5.92 Å². The quantitative estimate of drug-likeness (QED) is 0.707. The summed E-state index contributed by atoms with van der Waals surface area (Å²) in [6.07, 6.45) is -4.27. The molecule has 1 fully saturated rings. The molecule has 0 radical (unpaired) electrons. The molecule has 0 atom stereocenters. The second-order valence-corrected chi connectivity index (χ2v) is 5.43. The molecule has 0 spiro atoms. The first-order valence-corrected chi connectivity index (χ1v) is 7.28. The van der Waals surface area contributed by atoms with E-state index in [0.29, 0.717) is 18.8 Å². The van der Waals surface area contributed by atoms with Crippen LogP contribution in [0.1, 0.15) is 37.2 Å². The van der Waals surface area contributed by atoms with E-state index in [2.05, 4.69) is 0 Å². The van der Waals surface area contributed by atoms with E-state index in [1.165, 1.54) is 6.07 Å². The molecule has 1 aromatic carbocycles. The number of hydrogen-bond donors (Lipinski definition) is 0. The fourth-order valence-electron chi connectivity index (χ4n) is 2.40. The first-order valence-electron chi connectivity index (χ1n) is 7.28. The van der Waals surface area contributed by atoms with Crippen LogP contribution in [0.4, 0.5) is 22.0 Å². The minimum Gasteiger partial charge on any atom is -0.348 e. The third kappa shape index (κ3) is 5.00. The topological polar surface area (TPSA) is 18.5 Å². The molecule has 2 rings (SSSR count). The van der Waals surface area contributed by atoms with Crippen molar-refractivity contribution in [1.82, 2.24) is 0 Å². The maximum absolute atomic E-state index is 13.9. The highest BCUT2D eigenvalue weighted by atomic mass is 19.4. The minimum atomic E-state index is -4.85. The fourth-order valence-corrected chi connectivity index (χ4v) is 2.40. The van der Waals surface area contributed by atoms with Gasteiger partial charge in [0.1, 0.15) is 11.6 Å². The Hall–Kier alpha value is -1.47. The van der Waals surface area contributed by atoms with Crippen LogP contribution < -0.4 is 0 Å². The Kier molecular flexibility index (Phi) is 5.75. The Balaban J connectivity index is 2.10. The fraction of sp³-hybridized carbons (Fsp3) is 0.500. The Morgan fingerprint density at radius 3 is 2.43 bits per heavy atom. The summed E-state index contributed by atoms with van der Waals surface area (Å²) in [5.41, 5.74) is -0.438. The second-order valence-electron chi connectivity index (χ2n) is 5.43. The lowest BCUT2D eigenvalue weighted by atomic mass is 10.0. The van der Waals surface area contributed by atoms with Crippen molar-refractivity contribution in [2.45, 2.75) is 32.2 Å². The van der Waals surface area contributed by atoms with E-state index in [-0.39, 0.29) is 5.92 Å². The van der Waals surface area contributed by atoms with Gasteiger partial charge in [0.05, 0.1) is 19.3 Å². The monoisotopic (exact) mass is 336 g/mol. The van der Waals surface area contributed by atoms with Gasteiger partial charge < -0.3 is 9.47 Å². The smallest absolute Gasteiger partial charge is 0.348 e. The van der Waals surface area contributed by atoms with Crippen molar-refractivity contribution in [2.75, 3.05) is 13.2 Å². The predicted octanol–water partition coefficient (Wildman–Crippen LogP) is 5.16. The van der Waals surface area contributed by atoms with Crippen LogP contribution in [-0.2, 0) is 9.47 Å². The first-order chi connectivity index (χ1) is 10.8. The van der Waals surface area contributed by atoms with Gasteiger partial charge in [0, 0.05) is 17.0 Å². The molecule has 1 aliphatic heterocycles. The lowest BCUT2D eigenvalue weighted by Crippen LogP contribution is -2.27. The number of rotatable bonds is 4. The summed E-state index contributed by atoms with van der Waals surface area (Å²) in [7, 11) is 0. The van der Waals surface area contributed by atoms with Gasteiger partial charge in [-0.25, -0.2) is 8.78 Å². The number of hydrogen-bond acceptors (Lipinski definition) is 2. The van der Waals surface area contributed by atoms with Gasteiger partial charge in [-0.15, -0.1) is 0 Å². The summed E-state index contributed by atoms with van der Waals surface area (Å²) in [5, 5.41) is 0. The van der Waals surface area contributed by atoms with E-state index < -0.39 is 35.7 Å². The zero-order valence-corrected chi connectivity index (χ0v) is 12.5. The summed E-state index contributed by atoms with van der Waals surface area (Å²) < 4.78 is 74.6. The van der Waals surface area contributed by atoms with Crippen molar-refractivity contribution in [3.05, 3.63) is 41.2 Å². The third-order valence-corrected chi connectivity index (χ3v) is 3.48. The van der Waals surface area contributed by atoms with E-state index >= 15 is 0 Å². The predicted molar refractivity (Wildman–Crippen MR) is 74.6 cm³/mol. The molecule has 128 valence electrons. The molecule has 0 unspecified atom stereocenters. The minimum absolute atomic E-state index is 0.271. The van der Waals surface area contributed by atoms with Gasteiger partial charge in [-0.2, -0.15) is 13.2 Å². The van der Waals surface area contributed by atoms with E-state index in [1.54, 1.807) is 0 Å². The molecule has 1 heterocycles. The maximum Gasteiger partial charge on any atom is 0.412 e. The van der Waals surface area contributed by atoms with Gasteiger partial charge in [-0.05, 0) is 18.6 Å². The van der Waals surface area contributed by atoms with Gasteiger partial charge in [0.2, 0.25) is 0 Å². The Morgan fingerprint density at radius 1 is 1.26 bits per heavy atom. The lowest BCUT2D eigenvalue weighted by molar-refractivity contribution is -0.206. The van der Waals surface area contributed by atoms with Gasteiger partial charge >= 0.3 is 6.18 Å². The largest absolute Gasteiger partial charge is 0.412 e. The van der Waals surface area contributed by atoms with Crippen LogP contribution in [0.15, 0.2) is 24.3 Å². The van der Waals surface area contributed by atoms with Crippen LogP contribution >= 0.6 is 0 Å². The van der Waals surface area contributed by atoms with Gasteiger partial charge in [0.25, 0.3) is 0 Å². The number of halogens is 5. The third-order valence-electron chi connectivity index (χ3n) is 3.48.